The van der Waals surface area contributed by atoms with E-state index in [1.54, 1.807) is 13.0 Å². The molecule has 2 aromatic rings. The van der Waals surface area contributed by atoms with Crippen LogP contribution in [0.1, 0.15) is 38.8 Å². The number of esters is 2. The zero-order valence-electron chi connectivity index (χ0n) is 15.3. The molecule has 27 heavy (non-hydrogen) atoms. The zero-order valence-corrected chi connectivity index (χ0v) is 16.1. The molecule has 7 nitrogen and oxygen atoms in total. The summed E-state index contributed by atoms with van der Waals surface area (Å²) in [5.41, 5.74) is 8.14. The first kappa shape index (κ1) is 20.3. The molecule has 2 rings (SSSR count). The Balaban J connectivity index is 2.04. The van der Waals surface area contributed by atoms with E-state index in [9.17, 15) is 14.9 Å². The van der Waals surface area contributed by atoms with Crippen molar-refractivity contribution in [1.29, 1.82) is 5.26 Å². The largest absolute Gasteiger partial charge is 0.482 e. The van der Waals surface area contributed by atoms with Crippen LogP contribution in [0, 0.1) is 25.2 Å². The van der Waals surface area contributed by atoms with Crippen LogP contribution >= 0.6 is 11.3 Å². The van der Waals surface area contributed by atoms with Crippen molar-refractivity contribution in [3.63, 3.8) is 0 Å². The lowest BCUT2D eigenvalue weighted by molar-refractivity contribution is -0.147. The molecule has 2 N–H and O–H groups in total. The Morgan fingerprint density at radius 2 is 2.00 bits per heavy atom. The third-order valence-electron chi connectivity index (χ3n) is 3.66. The van der Waals surface area contributed by atoms with Crippen molar-refractivity contribution in [3.8, 4) is 11.8 Å². The molecule has 0 spiro atoms. The standard InChI is InChI=1S/C19H20N2O5S/c1-4-24-19(23)17-14(13(8-20)18(21)27-17)9-26-16(22)10-25-15-6-5-11(2)7-12(15)3/h5-7H,4,9-10,21H2,1-3H3. The van der Waals surface area contributed by atoms with Gasteiger partial charge in [0, 0.05) is 5.56 Å². The summed E-state index contributed by atoms with van der Waals surface area (Å²) in [6.07, 6.45) is 0. The summed E-state index contributed by atoms with van der Waals surface area (Å²) in [6.45, 7) is 5.14. The molecule has 142 valence electrons. The average molecular weight is 388 g/mol. The number of anilines is 1. The molecule has 0 radical (unpaired) electrons. The molecule has 1 aromatic heterocycles. The Kier molecular flexibility index (Phi) is 6.79. The lowest BCUT2D eigenvalue weighted by Gasteiger charge is -2.10. The Hall–Kier alpha value is -3.05. The minimum atomic E-state index is -0.626. The lowest BCUT2D eigenvalue weighted by Crippen LogP contribution is -2.16. The first-order chi connectivity index (χ1) is 12.9. The van der Waals surface area contributed by atoms with E-state index >= 15 is 0 Å². The minimum absolute atomic E-state index is 0.117. The van der Waals surface area contributed by atoms with E-state index in [1.807, 2.05) is 32.0 Å². The van der Waals surface area contributed by atoms with Crippen molar-refractivity contribution < 1.29 is 23.8 Å². The first-order valence-corrected chi connectivity index (χ1v) is 9.03. The Bertz CT molecular complexity index is 898. The number of nitriles is 1. The molecule has 0 atom stereocenters. The van der Waals surface area contributed by atoms with Crippen molar-refractivity contribution in [1.82, 2.24) is 0 Å². The summed E-state index contributed by atoms with van der Waals surface area (Å²) in [5.74, 6) is -0.644. The van der Waals surface area contributed by atoms with Crippen LogP contribution < -0.4 is 10.5 Å². The highest BCUT2D eigenvalue weighted by Gasteiger charge is 2.24. The van der Waals surface area contributed by atoms with E-state index in [2.05, 4.69) is 0 Å². The number of thiophene rings is 1. The summed E-state index contributed by atoms with van der Waals surface area (Å²) in [5, 5.41) is 9.43. The fourth-order valence-electron chi connectivity index (χ4n) is 2.40. The van der Waals surface area contributed by atoms with Crippen molar-refractivity contribution in [2.24, 2.45) is 0 Å². The highest BCUT2D eigenvalue weighted by molar-refractivity contribution is 7.18. The van der Waals surface area contributed by atoms with Crippen LogP contribution in [-0.2, 0) is 20.9 Å². The summed E-state index contributed by atoms with van der Waals surface area (Å²) < 4.78 is 15.6. The number of carbonyl (C=O) groups is 2. The highest BCUT2D eigenvalue weighted by atomic mass is 32.1. The smallest absolute Gasteiger partial charge is 0.348 e. The van der Waals surface area contributed by atoms with Crippen LogP contribution in [0.5, 0.6) is 5.75 Å². The van der Waals surface area contributed by atoms with E-state index in [4.69, 9.17) is 19.9 Å². The third-order valence-corrected chi connectivity index (χ3v) is 4.70. The molecule has 0 aliphatic heterocycles. The number of nitrogens with zero attached hydrogens (tertiary/aromatic N) is 1. The normalized spacial score (nSPS) is 10.1. The molecule has 0 bridgehead atoms. The second kappa shape index (κ2) is 9.05. The predicted molar refractivity (Wildman–Crippen MR) is 101 cm³/mol. The van der Waals surface area contributed by atoms with Crippen LogP contribution in [0.2, 0.25) is 0 Å². The van der Waals surface area contributed by atoms with Gasteiger partial charge in [0.2, 0.25) is 0 Å². The topological polar surface area (TPSA) is 112 Å². The molecule has 1 heterocycles. The van der Waals surface area contributed by atoms with E-state index in [0.29, 0.717) is 5.75 Å². The Labute approximate surface area is 161 Å². The van der Waals surface area contributed by atoms with Crippen LogP contribution in [-0.4, -0.2) is 25.2 Å². The number of carbonyl (C=O) groups excluding carboxylic acids is 2. The minimum Gasteiger partial charge on any atom is -0.482 e. The Morgan fingerprint density at radius 1 is 1.26 bits per heavy atom. The maximum absolute atomic E-state index is 12.0. The monoisotopic (exact) mass is 388 g/mol. The zero-order chi connectivity index (χ0) is 20.0. The van der Waals surface area contributed by atoms with Gasteiger partial charge in [0.15, 0.2) is 6.61 Å². The van der Waals surface area contributed by atoms with Gasteiger partial charge in [-0.15, -0.1) is 11.3 Å². The number of aryl methyl sites for hydroxylation is 2. The van der Waals surface area contributed by atoms with Crippen LogP contribution in [0.15, 0.2) is 18.2 Å². The number of nitrogens with two attached hydrogens (primary N) is 1. The molecule has 0 fully saturated rings. The molecule has 0 aliphatic rings. The van der Waals surface area contributed by atoms with Gasteiger partial charge in [0.1, 0.15) is 28.3 Å². The van der Waals surface area contributed by atoms with Gasteiger partial charge in [-0.2, -0.15) is 5.26 Å². The highest BCUT2D eigenvalue weighted by Crippen LogP contribution is 2.31. The molecule has 0 saturated carbocycles. The predicted octanol–water partition coefficient (Wildman–Crippen LogP) is 3.12. The molecular weight excluding hydrogens is 368 g/mol. The van der Waals surface area contributed by atoms with Gasteiger partial charge in [-0.1, -0.05) is 17.7 Å². The van der Waals surface area contributed by atoms with Gasteiger partial charge >= 0.3 is 11.9 Å². The van der Waals surface area contributed by atoms with Gasteiger partial charge in [-0.05, 0) is 32.4 Å². The number of benzene rings is 1. The van der Waals surface area contributed by atoms with Crippen LogP contribution in [0.3, 0.4) is 0 Å². The number of rotatable bonds is 7. The summed E-state index contributed by atoms with van der Waals surface area (Å²) >= 11 is 0.937. The summed E-state index contributed by atoms with van der Waals surface area (Å²) in [4.78, 5) is 24.2. The third kappa shape index (κ3) is 4.99. The Morgan fingerprint density at radius 3 is 2.63 bits per heavy atom. The van der Waals surface area contributed by atoms with Crippen molar-refractivity contribution in [2.75, 3.05) is 18.9 Å². The number of hydrogen-bond acceptors (Lipinski definition) is 8. The summed E-state index contributed by atoms with van der Waals surface area (Å²) in [7, 11) is 0. The fraction of sp³-hybridized carbons (Fsp3) is 0.316. The maximum Gasteiger partial charge on any atom is 0.348 e. The quantitative estimate of drug-likeness (QED) is 0.725. The van der Waals surface area contributed by atoms with Gasteiger partial charge in [0.25, 0.3) is 0 Å². The first-order valence-electron chi connectivity index (χ1n) is 8.21. The van der Waals surface area contributed by atoms with Crippen molar-refractivity contribution in [2.45, 2.75) is 27.4 Å². The van der Waals surface area contributed by atoms with Gasteiger partial charge in [-0.3, -0.25) is 0 Å². The number of hydrogen-bond donors (Lipinski definition) is 1. The molecule has 0 saturated heterocycles. The van der Waals surface area contributed by atoms with Gasteiger partial charge in [0.05, 0.1) is 12.2 Å². The lowest BCUT2D eigenvalue weighted by atomic mass is 10.1. The van der Waals surface area contributed by atoms with Crippen molar-refractivity contribution in [3.05, 3.63) is 45.3 Å². The molecule has 0 amide bonds. The molecular formula is C19H20N2O5S. The van der Waals surface area contributed by atoms with Crippen molar-refractivity contribution >= 4 is 28.3 Å². The maximum atomic E-state index is 12.0. The molecule has 1 aromatic carbocycles. The molecule has 8 heteroatoms. The molecule has 0 aliphatic carbocycles. The van der Waals surface area contributed by atoms with E-state index in [0.717, 1.165) is 22.5 Å². The fourth-order valence-corrected chi connectivity index (χ4v) is 3.32. The summed E-state index contributed by atoms with van der Waals surface area (Å²) in [6, 6.07) is 7.54. The number of nitrogen functional groups attached to an aromatic ring is 1. The second-order valence-corrected chi connectivity index (χ2v) is 6.75. The van der Waals surface area contributed by atoms with E-state index < -0.39 is 11.9 Å². The van der Waals surface area contributed by atoms with E-state index in [-0.39, 0.29) is 40.8 Å². The number of ether oxygens (including phenoxy) is 3. The van der Waals surface area contributed by atoms with Gasteiger partial charge in [-0.25, -0.2) is 9.59 Å². The van der Waals surface area contributed by atoms with E-state index in [1.165, 1.54) is 0 Å². The second-order valence-electron chi connectivity index (χ2n) is 5.70. The van der Waals surface area contributed by atoms with Crippen LogP contribution in [0.25, 0.3) is 0 Å². The van der Waals surface area contributed by atoms with Gasteiger partial charge < -0.3 is 19.9 Å². The SMILES string of the molecule is CCOC(=O)c1sc(N)c(C#N)c1COC(=O)COc1ccc(C)cc1C. The average Bonchev–Trinajstić information content (AvgIpc) is 2.95. The van der Waals surface area contributed by atoms with Crippen LogP contribution in [0.4, 0.5) is 5.00 Å². The molecule has 0 unspecified atom stereocenters.